The van der Waals surface area contributed by atoms with E-state index in [0.717, 1.165) is 41.7 Å². The van der Waals surface area contributed by atoms with Gasteiger partial charge in [-0.3, -0.25) is 14.7 Å². The number of anilines is 1. The second-order valence-corrected chi connectivity index (χ2v) is 8.37. The number of para-hydroxylation sites is 2. The van der Waals surface area contributed by atoms with Crippen molar-refractivity contribution in [3.63, 3.8) is 0 Å². The van der Waals surface area contributed by atoms with Gasteiger partial charge >= 0.3 is 5.97 Å². The number of nitrogens with zero attached hydrogens (tertiary/aromatic N) is 2. The molecule has 1 aliphatic heterocycles. The van der Waals surface area contributed by atoms with Crippen LogP contribution in [0, 0.1) is 0 Å². The zero-order valence-electron chi connectivity index (χ0n) is 18.7. The summed E-state index contributed by atoms with van der Waals surface area (Å²) in [5.74, 6) is -0.878. The minimum atomic E-state index is -0.500. The zero-order chi connectivity index (χ0) is 23.3. The minimum Gasteiger partial charge on any atom is -0.452 e. The number of carbonyl (C=O) groups excluding carboxylic acids is 2. The van der Waals surface area contributed by atoms with E-state index in [1.807, 2.05) is 60.7 Å². The summed E-state index contributed by atoms with van der Waals surface area (Å²) < 4.78 is 5.49. The number of ether oxygens (including phenoxy) is 1. The molecule has 0 bridgehead atoms. The van der Waals surface area contributed by atoms with Crippen molar-refractivity contribution in [3.8, 4) is 0 Å². The Labute approximate surface area is 198 Å². The van der Waals surface area contributed by atoms with Crippen LogP contribution >= 0.6 is 0 Å². The molecule has 4 aromatic rings. The van der Waals surface area contributed by atoms with Gasteiger partial charge in [-0.05, 0) is 23.8 Å². The highest BCUT2D eigenvalue weighted by Crippen LogP contribution is 2.29. The summed E-state index contributed by atoms with van der Waals surface area (Å²) in [6.45, 7) is 1.90. The van der Waals surface area contributed by atoms with Gasteiger partial charge in [0.25, 0.3) is 5.91 Å². The highest BCUT2D eigenvalue weighted by molar-refractivity contribution is 6.06. The third-order valence-electron chi connectivity index (χ3n) is 5.97. The first-order chi connectivity index (χ1) is 16.7. The molecular formula is C28H25N3O3. The van der Waals surface area contributed by atoms with Crippen molar-refractivity contribution in [2.45, 2.75) is 19.5 Å². The Morgan fingerprint density at radius 1 is 0.912 bits per heavy atom. The molecule has 1 amide bonds. The maximum atomic E-state index is 13.3. The zero-order valence-corrected chi connectivity index (χ0v) is 18.7. The number of rotatable bonds is 6. The van der Waals surface area contributed by atoms with E-state index in [-0.39, 0.29) is 12.5 Å². The second-order valence-electron chi connectivity index (χ2n) is 8.37. The van der Waals surface area contributed by atoms with E-state index in [1.54, 1.807) is 12.1 Å². The van der Waals surface area contributed by atoms with Gasteiger partial charge in [-0.2, -0.15) is 0 Å². The van der Waals surface area contributed by atoms with Crippen LogP contribution in [-0.4, -0.2) is 34.9 Å². The maximum Gasteiger partial charge on any atom is 0.339 e. The van der Waals surface area contributed by atoms with E-state index < -0.39 is 5.97 Å². The quantitative estimate of drug-likeness (QED) is 0.434. The third-order valence-corrected chi connectivity index (χ3v) is 5.97. The topological polar surface area (TPSA) is 71.5 Å². The molecule has 0 saturated carbocycles. The third kappa shape index (κ3) is 4.82. The van der Waals surface area contributed by atoms with E-state index in [1.165, 1.54) is 5.56 Å². The van der Waals surface area contributed by atoms with Crippen molar-refractivity contribution in [1.29, 1.82) is 0 Å². The fraction of sp³-hybridized carbons (Fsp3) is 0.179. The van der Waals surface area contributed by atoms with E-state index in [2.05, 4.69) is 22.3 Å². The molecule has 6 heteroatoms. The largest absolute Gasteiger partial charge is 0.452 e. The highest BCUT2D eigenvalue weighted by atomic mass is 16.5. The molecule has 0 atom stereocenters. The van der Waals surface area contributed by atoms with Gasteiger partial charge in [0.2, 0.25) is 0 Å². The lowest BCUT2D eigenvalue weighted by Crippen LogP contribution is -2.32. The van der Waals surface area contributed by atoms with Gasteiger partial charge in [-0.25, -0.2) is 4.79 Å². The number of fused-ring (bicyclic) bond motifs is 2. The van der Waals surface area contributed by atoms with Crippen LogP contribution in [-0.2, 0) is 29.0 Å². The van der Waals surface area contributed by atoms with Gasteiger partial charge < -0.3 is 10.1 Å². The van der Waals surface area contributed by atoms with Crippen LogP contribution in [0.4, 0.5) is 5.69 Å². The van der Waals surface area contributed by atoms with Crippen molar-refractivity contribution >= 4 is 28.5 Å². The molecule has 1 aliphatic rings. The average Bonchev–Trinajstić information content (AvgIpc) is 2.87. The van der Waals surface area contributed by atoms with Crippen LogP contribution in [0.5, 0.6) is 0 Å². The normalized spacial score (nSPS) is 13.3. The molecule has 1 aromatic heterocycles. The first kappa shape index (κ1) is 21.8. The summed E-state index contributed by atoms with van der Waals surface area (Å²) >= 11 is 0. The first-order valence-electron chi connectivity index (χ1n) is 11.4. The predicted molar refractivity (Wildman–Crippen MR) is 131 cm³/mol. The van der Waals surface area contributed by atoms with Gasteiger partial charge in [0.1, 0.15) is 0 Å². The van der Waals surface area contributed by atoms with E-state index in [0.29, 0.717) is 17.8 Å². The number of nitrogens with one attached hydrogen (secondary N) is 1. The summed E-state index contributed by atoms with van der Waals surface area (Å²) in [6.07, 6.45) is 0.752. The number of benzene rings is 3. The van der Waals surface area contributed by atoms with E-state index in [9.17, 15) is 9.59 Å². The highest BCUT2D eigenvalue weighted by Gasteiger charge is 2.27. The van der Waals surface area contributed by atoms with Crippen molar-refractivity contribution in [1.82, 2.24) is 9.88 Å². The fourth-order valence-corrected chi connectivity index (χ4v) is 4.38. The fourth-order valence-electron chi connectivity index (χ4n) is 4.38. The Morgan fingerprint density at radius 2 is 1.62 bits per heavy atom. The van der Waals surface area contributed by atoms with Crippen LogP contribution in [0.3, 0.4) is 0 Å². The molecule has 0 spiro atoms. The summed E-state index contributed by atoms with van der Waals surface area (Å²) in [5, 5.41) is 3.49. The lowest BCUT2D eigenvalue weighted by Gasteiger charge is -2.30. The summed E-state index contributed by atoms with van der Waals surface area (Å²) in [6, 6.07) is 27.0. The van der Waals surface area contributed by atoms with Gasteiger partial charge in [0.15, 0.2) is 6.61 Å². The summed E-state index contributed by atoms with van der Waals surface area (Å²) in [4.78, 5) is 32.8. The lowest BCUT2D eigenvalue weighted by atomic mass is 9.95. The SMILES string of the molecule is O=C(COC(=O)c1c2c(nc3ccccc13)CCN(Cc1ccccc1)C2)Nc1ccccc1. The lowest BCUT2D eigenvalue weighted by molar-refractivity contribution is -0.119. The predicted octanol–water partition coefficient (Wildman–Crippen LogP) is 4.59. The first-order valence-corrected chi connectivity index (χ1v) is 11.4. The summed E-state index contributed by atoms with van der Waals surface area (Å²) in [7, 11) is 0. The number of esters is 1. The number of pyridine rings is 1. The molecule has 6 nitrogen and oxygen atoms in total. The van der Waals surface area contributed by atoms with Crippen molar-refractivity contribution in [2.75, 3.05) is 18.5 Å². The minimum absolute atomic E-state index is 0.354. The molecule has 1 N–H and O–H groups in total. The molecule has 2 heterocycles. The van der Waals surface area contributed by atoms with E-state index in [4.69, 9.17) is 9.72 Å². The average molecular weight is 452 g/mol. The number of hydrogen-bond acceptors (Lipinski definition) is 5. The number of aromatic nitrogens is 1. The Balaban J connectivity index is 1.39. The second kappa shape index (κ2) is 9.85. The smallest absolute Gasteiger partial charge is 0.339 e. The van der Waals surface area contributed by atoms with Crippen molar-refractivity contribution in [3.05, 3.63) is 107 Å². The molecule has 0 aliphatic carbocycles. The van der Waals surface area contributed by atoms with Crippen molar-refractivity contribution in [2.24, 2.45) is 0 Å². The van der Waals surface area contributed by atoms with Gasteiger partial charge in [0, 0.05) is 48.4 Å². The van der Waals surface area contributed by atoms with Crippen molar-refractivity contribution < 1.29 is 14.3 Å². The number of carbonyl (C=O) groups is 2. The Kier molecular flexibility index (Phi) is 6.31. The Morgan fingerprint density at radius 3 is 2.41 bits per heavy atom. The molecule has 0 radical (unpaired) electrons. The molecule has 5 rings (SSSR count). The van der Waals surface area contributed by atoms with Gasteiger partial charge in [-0.15, -0.1) is 0 Å². The molecular weight excluding hydrogens is 426 g/mol. The summed E-state index contributed by atoms with van der Waals surface area (Å²) in [5.41, 5.74) is 4.95. The van der Waals surface area contributed by atoms with Crippen LogP contribution in [0.2, 0.25) is 0 Å². The van der Waals surface area contributed by atoms with Gasteiger partial charge in [-0.1, -0.05) is 66.7 Å². The Bertz CT molecular complexity index is 1320. The van der Waals surface area contributed by atoms with Crippen LogP contribution < -0.4 is 5.32 Å². The standard InChI is InChI=1S/C28H25N3O3/c32-26(29-21-11-5-2-6-12-21)19-34-28(33)27-22-13-7-8-14-24(22)30-25-15-16-31(18-23(25)27)17-20-9-3-1-4-10-20/h1-14H,15-19H2,(H,29,32). The van der Waals surface area contributed by atoms with E-state index >= 15 is 0 Å². The number of hydrogen-bond donors (Lipinski definition) is 1. The molecule has 34 heavy (non-hydrogen) atoms. The number of amides is 1. The van der Waals surface area contributed by atoms with Crippen LogP contribution in [0.25, 0.3) is 10.9 Å². The maximum absolute atomic E-state index is 13.3. The molecule has 170 valence electrons. The monoisotopic (exact) mass is 451 g/mol. The molecule has 3 aromatic carbocycles. The van der Waals surface area contributed by atoms with Crippen LogP contribution in [0.1, 0.15) is 27.2 Å². The Hall–Kier alpha value is -4.03. The molecule has 0 fully saturated rings. The molecule has 0 saturated heterocycles. The molecule has 0 unspecified atom stereocenters. The van der Waals surface area contributed by atoms with Gasteiger partial charge in [0.05, 0.1) is 11.1 Å². The van der Waals surface area contributed by atoms with Crippen LogP contribution in [0.15, 0.2) is 84.9 Å².